The van der Waals surface area contributed by atoms with Gasteiger partial charge in [-0.2, -0.15) is 5.10 Å². The Morgan fingerprint density at radius 3 is 2.59 bits per heavy atom. The number of aliphatic carboxylic acids is 1. The van der Waals surface area contributed by atoms with Gasteiger partial charge in [0.05, 0.1) is 13.2 Å². The monoisotopic (exact) mass is 376 g/mol. The number of aromatic nitrogens is 2. The predicted molar refractivity (Wildman–Crippen MR) is 98.0 cm³/mol. The molecular formula is C18H24N4O5. The Morgan fingerprint density at radius 2 is 2.04 bits per heavy atom. The summed E-state index contributed by atoms with van der Waals surface area (Å²) in [6.45, 7) is 3.18. The van der Waals surface area contributed by atoms with Gasteiger partial charge < -0.3 is 25.2 Å². The van der Waals surface area contributed by atoms with E-state index < -0.39 is 5.97 Å². The van der Waals surface area contributed by atoms with Crippen LogP contribution >= 0.6 is 0 Å². The number of benzene rings is 1. The Hall–Kier alpha value is -3.07. The number of nitrogens with zero attached hydrogens (tertiary/aromatic N) is 3. The number of ether oxygens (including phenoxy) is 2. The number of amides is 1. The quantitative estimate of drug-likeness (QED) is 0.772. The maximum atomic E-state index is 12.5. The SMILES string of the molecule is CC(=O)O.COc1ccc(C(=O)N2CC(n3cccn3)C2)cc1OCCN. The second-order valence-corrected chi connectivity index (χ2v) is 5.87. The predicted octanol–water partition coefficient (Wildman–Crippen LogP) is 1.02. The van der Waals surface area contributed by atoms with Gasteiger partial charge in [-0.25, -0.2) is 0 Å². The molecular weight excluding hydrogens is 352 g/mol. The van der Waals surface area contributed by atoms with Crippen molar-refractivity contribution in [3.63, 3.8) is 0 Å². The summed E-state index contributed by atoms with van der Waals surface area (Å²) in [5, 5.41) is 11.6. The summed E-state index contributed by atoms with van der Waals surface area (Å²) in [5.74, 6) is 0.273. The zero-order chi connectivity index (χ0) is 19.8. The molecule has 1 aromatic carbocycles. The molecule has 9 nitrogen and oxygen atoms in total. The first-order chi connectivity index (χ1) is 13.0. The minimum atomic E-state index is -0.833. The summed E-state index contributed by atoms with van der Waals surface area (Å²) >= 11 is 0. The molecule has 1 aliphatic rings. The Balaban J connectivity index is 0.000000596. The van der Waals surface area contributed by atoms with Crippen molar-refractivity contribution in [2.75, 3.05) is 33.4 Å². The van der Waals surface area contributed by atoms with Crippen LogP contribution in [0.25, 0.3) is 0 Å². The van der Waals surface area contributed by atoms with Crippen LogP contribution in [0.1, 0.15) is 23.3 Å². The maximum Gasteiger partial charge on any atom is 0.300 e. The number of hydrogen-bond acceptors (Lipinski definition) is 6. The number of carboxylic acids is 1. The van der Waals surface area contributed by atoms with Gasteiger partial charge in [0.15, 0.2) is 11.5 Å². The molecule has 0 saturated carbocycles. The smallest absolute Gasteiger partial charge is 0.300 e. The molecule has 1 saturated heterocycles. The van der Waals surface area contributed by atoms with Crippen LogP contribution in [0.3, 0.4) is 0 Å². The van der Waals surface area contributed by atoms with E-state index in [-0.39, 0.29) is 11.9 Å². The lowest BCUT2D eigenvalue weighted by molar-refractivity contribution is -0.134. The first-order valence-corrected chi connectivity index (χ1v) is 8.45. The number of carboxylic acid groups (broad SMARTS) is 1. The van der Waals surface area contributed by atoms with Crippen LogP contribution in [0.5, 0.6) is 11.5 Å². The molecule has 0 unspecified atom stereocenters. The average molecular weight is 376 g/mol. The van der Waals surface area contributed by atoms with E-state index in [9.17, 15) is 4.79 Å². The van der Waals surface area contributed by atoms with Crippen LogP contribution in [0.2, 0.25) is 0 Å². The number of hydrogen-bond donors (Lipinski definition) is 2. The van der Waals surface area contributed by atoms with Gasteiger partial charge in [0.1, 0.15) is 6.61 Å². The number of methoxy groups -OCH3 is 1. The molecule has 0 radical (unpaired) electrons. The fourth-order valence-electron chi connectivity index (χ4n) is 2.56. The van der Waals surface area contributed by atoms with Crippen LogP contribution in [0.4, 0.5) is 0 Å². The third-order valence-corrected chi connectivity index (χ3v) is 3.83. The third kappa shape index (κ3) is 5.45. The van der Waals surface area contributed by atoms with E-state index >= 15 is 0 Å². The van der Waals surface area contributed by atoms with Gasteiger partial charge in [0.2, 0.25) is 0 Å². The number of nitrogens with two attached hydrogens (primary N) is 1. The van der Waals surface area contributed by atoms with E-state index in [4.69, 9.17) is 25.1 Å². The van der Waals surface area contributed by atoms with E-state index in [1.807, 2.05) is 16.9 Å². The van der Waals surface area contributed by atoms with Gasteiger partial charge in [-0.05, 0) is 24.3 Å². The number of carbonyl (C=O) groups is 2. The molecule has 1 aromatic heterocycles. The second-order valence-electron chi connectivity index (χ2n) is 5.87. The highest BCUT2D eigenvalue weighted by molar-refractivity contribution is 5.95. The van der Waals surface area contributed by atoms with Crippen LogP contribution in [0, 0.1) is 0 Å². The summed E-state index contributed by atoms with van der Waals surface area (Å²) in [4.78, 5) is 23.3. The molecule has 1 amide bonds. The van der Waals surface area contributed by atoms with Gasteiger partial charge >= 0.3 is 0 Å². The molecule has 0 bridgehead atoms. The lowest BCUT2D eigenvalue weighted by atomic mass is 10.1. The van der Waals surface area contributed by atoms with Crippen molar-refractivity contribution in [1.29, 1.82) is 0 Å². The van der Waals surface area contributed by atoms with Crippen molar-refractivity contribution in [3.05, 3.63) is 42.2 Å². The highest BCUT2D eigenvalue weighted by Crippen LogP contribution is 2.30. The zero-order valence-electron chi connectivity index (χ0n) is 15.4. The molecule has 0 spiro atoms. The van der Waals surface area contributed by atoms with Crippen molar-refractivity contribution in [2.24, 2.45) is 5.73 Å². The Kier molecular flexibility index (Phi) is 7.18. The van der Waals surface area contributed by atoms with E-state index in [0.29, 0.717) is 43.3 Å². The highest BCUT2D eigenvalue weighted by Gasteiger charge is 2.32. The van der Waals surface area contributed by atoms with E-state index in [1.165, 1.54) is 0 Å². The van der Waals surface area contributed by atoms with Crippen LogP contribution < -0.4 is 15.2 Å². The fourth-order valence-corrected chi connectivity index (χ4v) is 2.56. The fraction of sp³-hybridized carbons (Fsp3) is 0.389. The van der Waals surface area contributed by atoms with Crippen LogP contribution in [0.15, 0.2) is 36.7 Å². The molecule has 1 fully saturated rings. The van der Waals surface area contributed by atoms with Crippen molar-refractivity contribution in [3.8, 4) is 11.5 Å². The largest absolute Gasteiger partial charge is 0.493 e. The molecule has 2 aromatic rings. The highest BCUT2D eigenvalue weighted by atomic mass is 16.5. The minimum absolute atomic E-state index is 0.0198. The second kappa shape index (κ2) is 9.58. The molecule has 3 rings (SSSR count). The summed E-state index contributed by atoms with van der Waals surface area (Å²) in [6.07, 6.45) is 3.66. The van der Waals surface area contributed by atoms with E-state index in [2.05, 4.69) is 5.10 Å². The molecule has 0 aliphatic carbocycles. The van der Waals surface area contributed by atoms with Gasteiger partial charge in [0, 0.05) is 44.5 Å². The van der Waals surface area contributed by atoms with E-state index in [1.54, 1.807) is 36.4 Å². The summed E-state index contributed by atoms with van der Waals surface area (Å²) < 4.78 is 12.7. The van der Waals surface area contributed by atoms with Crippen molar-refractivity contribution < 1.29 is 24.2 Å². The normalized spacial score (nSPS) is 13.2. The first kappa shape index (κ1) is 20.2. The van der Waals surface area contributed by atoms with Crippen LogP contribution in [-0.2, 0) is 4.79 Å². The van der Waals surface area contributed by atoms with Gasteiger partial charge in [-0.3, -0.25) is 14.3 Å². The molecule has 0 atom stereocenters. The van der Waals surface area contributed by atoms with Gasteiger partial charge in [-0.1, -0.05) is 0 Å². The van der Waals surface area contributed by atoms with Crippen LogP contribution in [-0.4, -0.2) is 65.0 Å². The van der Waals surface area contributed by atoms with Crippen molar-refractivity contribution in [2.45, 2.75) is 13.0 Å². The minimum Gasteiger partial charge on any atom is -0.493 e. The number of likely N-dealkylation sites (tertiary alicyclic amines) is 1. The zero-order valence-corrected chi connectivity index (χ0v) is 15.4. The van der Waals surface area contributed by atoms with E-state index in [0.717, 1.165) is 6.92 Å². The molecule has 3 N–H and O–H groups in total. The third-order valence-electron chi connectivity index (χ3n) is 3.83. The summed E-state index contributed by atoms with van der Waals surface area (Å²) in [5.41, 5.74) is 6.04. The lowest BCUT2D eigenvalue weighted by Gasteiger charge is -2.39. The van der Waals surface area contributed by atoms with Crippen molar-refractivity contribution in [1.82, 2.24) is 14.7 Å². The molecule has 146 valence electrons. The molecule has 2 heterocycles. The average Bonchev–Trinajstić information content (AvgIpc) is 3.12. The summed E-state index contributed by atoms with van der Waals surface area (Å²) in [6, 6.07) is 7.33. The number of carbonyl (C=O) groups excluding carboxylic acids is 1. The molecule has 27 heavy (non-hydrogen) atoms. The summed E-state index contributed by atoms with van der Waals surface area (Å²) in [7, 11) is 1.57. The molecule has 9 heteroatoms. The number of rotatable bonds is 6. The Bertz CT molecular complexity index is 753. The Labute approximate surface area is 157 Å². The maximum absolute atomic E-state index is 12.5. The standard InChI is InChI=1S/C16H20N4O3.C2H4O2/c1-22-14-4-3-12(9-15(14)23-8-5-17)16(21)19-10-13(11-19)20-7-2-6-18-20;1-2(3)4/h2-4,6-7,9,13H,5,8,10-11,17H2,1H3;1H3,(H,3,4). The van der Waals surface area contributed by atoms with Gasteiger partial charge in [0.25, 0.3) is 11.9 Å². The van der Waals surface area contributed by atoms with Crippen molar-refractivity contribution >= 4 is 11.9 Å². The van der Waals surface area contributed by atoms with Gasteiger partial charge in [-0.15, -0.1) is 0 Å². The molecule has 1 aliphatic heterocycles. The topological polar surface area (TPSA) is 120 Å². The lowest BCUT2D eigenvalue weighted by Crippen LogP contribution is -2.50. The first-order valence-electron chi connectivity index (χ1n) is 8.45. The Morgan fingerprint density at radius 1 is 1.33 bits per heavy atom.